The number of hydrogen-bond acceptors (Lipinski definition) is 4. The molecule has 6 nitrogen and oxygen atoms in total. The summed E-state index contributed by atoms with van der Waals surface area (Å²) in [7, 11) is 2.05. The molecule has 0 amide bonds. The minimum Gasteiger partial charge on any atom is -0.337 e. The zero-order valence-corrected chi connectivity index (χ0v) is 16.1. The normalized spacial score (nSPS) is 19.9. The van der Waals surface area contributed by atoms with Gasteiger partial charge in [0.15, 0.2) is 0 Å². The van der Waals surface area contributed by atoms with Gasteiger partial charge in [0.1, 0.15) is 11.6 Å². The molecule has 28 heavy (non-hydrogen) atoms. The van der Waals surface area contributed by atoms with E-state index in [4.69, 9.17) is 5.10 Å². The van der Waals surface area contributed by atoms with Crippen LogP contribution in [0.4, 0.5) is 4.39 Å². The molecule has 3 aromatic rings. The second kappa shape index (κ2) is 7.14. The number of nitrogens with one attached hydrogen (secondary N) is 1. The summed E-state index contributed by atoms with van der Waals surface area (Å²) < 4.78 is 17.5. The summed E-state index contributed by atoms with van der Waals surface area (Å²) in [6, 6.07) is 6.87. The fourth-order valence-electron chi connectivity index (χ4n) is 4.52. The SMILES string of the molecule is Cn1ccnc1C1CNCCN1Cc1nn(-c2ccc(F)cc2)c2c1CCC2. The number of aromatic nitrogens is 4. The van der Waals surface area contributed by atoms with Gasteiger partial charge in [-0.1, -0.05) is 0 Å². The van der Waals surface area contributed by atoms with Gasteiger partial charge in [-0.15, -0.1) is 0 Å². The van der Waals surface area contributed by atoms with Crippen molar-refractivity contribution in [2.45, 2.75) is 31.8 Å². The lowest BCUT2D eigenvalue weighted by molar-refractivity contribution is 0.142. The summed E-state index contributed by atoms with van der Waals surface area (Å²) >= 11 is 0. The lowest BCUT2D eigenvalue weighted by Crippen LogP contribution is -2.46. The Kier molecular flexibility index (Phi) is 4.49. The van der Waals surface area contributed by atoms with Crippen LogP contribution >= 0.6 is 0 Å². The first-order valence-corrected chi connectivity index (χ1v) is 9.98. The monoisotopic (exact) mass is 380 g/mol. The van der Waals surface area contributed by atoms with Crippen LogP contribution in [0.5, 0.6) is 0 Å². The highest BCUT2D eigenvalue weighted by atomic mass is 19.1. The number of fused-ring (bicyclic) bond motifs is 1. The standard InChI is InChI=1S/C21H25FN6/c1-26-11-10-24-21(26)20-13-23-9-12-27(20)14-18-17-3-2-4-19(17)28(25-18)16-7-5-15(22)6-8-16/h5-8,10-11,20,23H,2-4,9,12-14H2,1H3. The van der Waals surface area contributed by atoms with E-state index in [1.165, 1.54) is 23.4 Å². The molecule has 0 bridgehead atoms. The molecule has 1 N–H and O–H groups in total. The van der Waals surface area contributed by atoms with Crippen LogP contribution in [0.3, 0.4) is 0 Å². The van der Waals surface area contributed by atoms with Gasteiger partial charge in [0, 0.05) is 51.3 Å². The summed E-state index contributed by atoms with van der Waals surface area (Å²) in [6.07, 6.45) is 7.13. The van der Waals surface area contributed by atoms with Crippen LogP contribution in [0.15, 0.2) is 36.7 Å². The van der Waals surface area contributed by atoms with Gasteiger partial charge in [-0.2, -0.15) is 5.10 Å². The molecule has 1 aromatic carbocycles. The molecule has 1 unspecified atom stereocenters. The minimum absolute atomic E-state index is 0.216. The van der Waals surface area contributed by atoms with E-state index in [9.17, 15) is 4.39 Å². The topological polar surface area (TPSA) is 50.9 Å². The number of nitrogens with zero attached hydrogens (tertiary/aromatic N) is 5. The van der Waals surface area contributed by atoms with Gasteiger partial charge >= 0.3 is 0 Å². The van der Waals surface area contributed by atoms with Gasteiger partial charge in [-0.05, 0) is 49.1 Å². The maximum Gasteiger partial charge on any atom is 0.127 e. The molecule has 7 heteroatoms. The van der Waals surface area contributed by atoms with Crippen molar-refractivity contribution in [1.82, 2.24) is 29.5 Å². The molecule has 1 aliphatic carbocycles. The molecular formula is C21H25FN6. The van der Waals surface area contributed by atoms with Crippen molar-refractivity contribution >= 4 is 0 Å². The summed E-state index contributed by atoms with van der Waals surface area (Å²) in [6.45, 7) is 3.65. The van der Waals surface area contributed by atoms with Gasteiger partial charge in [-0.3, -0.25) is 4.90 Å². The van der Waals surface area contributed by atoms with Crippen LogP contribution in [-0.4, -0.2) is 43.9 Å². The Morgan fingerprint density at radius 2 is 2.07 bits per heavy atom. The van der Waals surface area contributed by atoms with E-state index in [-0.39, 0.29) is 11.9 Å². The average Bonchev–Trinajstić information content (AvgIpc) is 3.41. The first-order chi connectivity index (χ1) is 13.7. The summed E-state index contributed by atoms with van der Waals surface area (Å²) in [5, 5.41) is 8.47. The molecule has 1 aliphatic heterocycles. The highest BCUT2D eigenvalue weighted by Gasteiger charge is 2.30. The molecule has 5 rings (SSSR count). The third kappa shape index (κ3) is 3.04. The number of halogens is 1. The number of aryl methyl sites for hydroxylation is 1. The van der Waals surface area contributed by atoms with Crippen molar-refractivity contribution in [1.29, 1.82) is 0 Å². The summed E-state index contributed by atoms with van der Waals surface area (Å²) in [5.74, 6) is 0.869. The molecular weight excluding hydrogens is 355 g/mol. The van der Waals surface area contributed by atoms with Gasteiger partial charge in [-0.25, -0.2) is 14.1 Å². The Bertz CT molecular complexity index is 973. The molecule has 0 radical (unpaired) electrons. The van der Waals surface area contributed by atoms with Gasteiger partial charge in [0.25, 0.3) is 0 Å². The van der Waals surface area contributed by atoms with Crippen LogP contribution in [0, 0.1) is 5.82 Å². The second-order valence-electron chi connectivity index (χ2n) is 7.70. The van der Waals surface area contributed by atoms with E-state index in [1.54, 1.807) is 0 Å². The Morgan fingerprint density at radius 3 is 2.86 bits per heavy atom. The van der Waals surface area contributed by atoms with Gasteiger partial charge < -0.3 is 9.88 Å². The fraction of sp³-hybridized carbons (Fsp3) is 0.429. The van der Waals surface area contributed by atoms with Crippen LogP contribution < -0.4 is 5.32 Å². The average molecular weight is 380 g/mol. The number of imidazole rings is 1. The second-order valence-corrected chi connectivity index (χ2v) is 7.70. The molecule has 2 aromatic heterocycles. The van der Waals surface area contributed by atoms with E-state index in [2.05, 4.69) is 26.8 Å². The van der Waals surface area contributed by atoms with Crippen LogP contribution in [-0.2, 0) is 26.4 Å². The largest absolute Gasteiger partial charge is 0.337 e. The molecule has 0 spiro atoms. The van der Waals surface area contributed by atoms with E-state index in [0.717, 1.165) is 62.6 Å². The quantitative estimate of drug-likeness (QED) is 0.755. The van der Waals surface area contributed by atoms with Gasteiger partial charge in [0.05, 0.1) is 17.4 Å². The Labute approximate surface area is 164 Å². The van der Waals surface area contributed by atoms with Crippen molar-refractivity contribution in [3.8, 4) is 5.69 Å². The van der Waals surface area contributed by atoms with Crippen molar-refractivity contribution in [2.75, 3.05) is 19.6 Å². The van der Waals surface area contributed by atoms with Gasteiger partial charge in [0.2, 0.25) is 0 Å². The summed E-state index contributed by atoms with van der Waals surface area (Å²) in [4.78, 5) is 7.07. The highest BCUT2D eigenvalue weighted by molar-refractivity contribution is 5.40. The van der Waals surface area contributed by atoms with E-state index in [0.29, 0.717) is 0 Å². The smallest absolute Gasteiger partial charge is 0.127 e. The Morgan fingerprint density at radius 1 is 1.21 bits per heavy atom. The molecule has 2 aliphatic rings. The molecule has 1 saturated heterocycles. The molecule has 0 saturated carbocycles. The molecule has 3 heterocycles. The first-order valence-electron chi connectivity index (χ1n) is 9.98. The number of benzene rings is 1. The van der Waals surface area contributed by atoms with E-state index in [1.807, 2.05) is 29.2 Å². The van der Waals surface area contributed by atoms with Crippen molar-refractivity contribution in [3.63, 3.8) is 0 Å². The predicted octanol–water partition coefficient (Wildman–Crippen LogP) is 2.38. The van der Waals surface area contributed by atoms with E-state index >= 15 is 0 Å². The third-order valence-corrected chi connectivity index (χ3v) is 5.95. The number of piperazine rings is 1. The molecule has 1 fully saturated rings. The Hall–Kier alpha value is -2.51. The maximum atomic E-state index is 13.4. The zero-order chi connectivity index (χ0) is 19.1. The van der Waals surface area contributed by atoms with Crippen molar-refractivity contribution in [2.24, 2.45) is 7.05 Å². The highest BCUT2D eigenvalue weighted by Crippen LogP contribution is 2.30. The molecule has 146 valence electrons. The van der Waals surface area contributed by atoms with Crippen LogP contribution in [0.2, 0.25) is 0 Å². The maximum absolute atomic E-state index is 13.4. The molecule has 1 atom stereocenters. The Balaban J connectivity index is 1.47. The lowest BCUT2D eigenvalue weighted by atomic mass is 10.1. The third-order valence-electron chi connectivity index (χ3n) is 5.95. The number of rotatable bonds is 4. The van der Waals surface area contributed by atoms with Crippen LogP contribution in [0.1, 0.15) is 35.2 Å². The van der Waals surface area contributed by atoms with E-state index < -0.39 is 0 Å². The van der Waals surface area contributed by atoms with Crippen LogP contribution in [0.25, 0.3) is 5.69 Å². The number of hydrogen-bond donors (Lipinski definition) is 1. The minimum atomic E-state index is -0.216. The zero-order valence-electron chi connectivity index (χ0n) is 16.1. The first kappa shape index (κ1) is 17.6. The predicted molar refractivity (Wildman–Crippen MR) is 105 cm³/mol. The van der Waals surface area contributed by atoms with Crippen molar-refractivity contribution in [3.05, 3.63) is 65.3 Å². The summed E-state index contributed by atoms with van der Waals surface area (Å²) in [5.41, 5.74) is 4.75. The lowest BCUT2D eigenvalue weighted by Gasteiger charge is -2.35. The fourth-order valence-corrected chi connectivity index (χ4v) is 4.52. The van der Waals surface area contributed by atoms with Crippen molar-refractivity contribution < 1.29 is 4.39 Å².